The number of ether oxygens (including phenoxy) is 1. The van der Waals surface area contributed by atoms with Gasteiger partial charge in [-0.3, -0.25) is 4.90 Å². The molecule has 2 rings (SSSR count). The molecule has 0 aromatic heterocycles. The van der Waals surface area contributed by atoms with Gasteiger partial charge in [0.2, 0.25) is 0 Å². The maximum Gasteiger partial charge on any atom is 0.0603 e. The number of rotatable bonds is 6. The molecule has 2 saturated heterocycles. The fraction of sp³-hybridized carbons (Fsp3) is 1.00. The second-order valence-electron chi connectivity index (χ2n) is 7.05. The van der Waals surface area contributed by atoms with Crippen LogP contribution >= 0.6 is 0 Å². The molecule has 3 nitrogen and oxygen atoms in total. The van der Waals surface area contributed by atoms with Crippen molar-refractivity contribution in [3.8, 4) is 0 Å². The van der Waals surface area contributed by atoms with Crippen LogP contribution in [0.15, 0.2) is 0 Å². The van der Waals surface area contributed by atoms with E-state index in [9.17, 15) is 0 Å². The van der Waals surface area contributed by atoms with E-state index in [4.69, 9.17) is 15.9 Å². The minimum Gasteiger partial charge on any atom is -0.375 e. The predicted molar refractivity (Wildman–Crippen MR) is 95.5 cm³/mol. The van der Waals surface area contributed by atoms with Crippen molar-refractivity contribution in [2.45, 2.75) is 51.7 Å². The molecule has 0 amide bonds. The molecular formula is C16H32N2OS2. The molecule has 0 N–H and O–H groups in total. The van der Waals surface area contributed by atoms with Crippen LogP contribution in [-0.4, -0.2) is 66.9 Å². The Balaban J connectivity index is 1.62. The van der Waals surface area contributed by atoms with E-state index in [2.05, 4.69) is 29.9 Å². The molecule has 0 radical (unpaired) electrons. The van der Waals surface area contributed by atoms with Gasteiger partial charge in [0.25, 0.3) is 0 Å². The molecular weight excluding hydrogens is 300 g/mol. The summed E-state index contributed by atoms with van der Waals surface area (Å²) in [5.74, 6) is 1.87. The molecule has 2 aliphatic heterocycles. The normalized spacial score (nSPS) is 25.5. The van der Waals surface area contributed by atoms with Gasteiger partial charge in [0.15, 0.2) is 0 Å². The largest absolute Gasteiger partial charge is 0.375 e. The Labute approximate surface area is 138 Å². The molecule has 0 aliphatic carbocycles. The quantitative estimate of drug-likeness (QED) is 0.741. The SMILES string of the molecule is CC(C)CN1CCC(OC2CCN(CS(C)=S)CC2)CC1. The summed E-state index contributed by atoms with van der Waals surface area (Å²) in [6.45, 7) is 10.6. The van der Waals surface area contributed by atoms with Crippen molar-refractivity contribution in [2.75, 3.05) is 44.9 Å². The number of nitrogens with zero attached hydrogens (tertiary/aromatic N) is 2. The lowest BCUT2D eigenvalue weighted by Crippen LogP contribution is -2.43. The highest BCUT2D eigenvalue weighted by atomic mass is 32.8. The average Bonchev–Trinajstić information content (AvgIpc) is 2.42. The average molecular weight is 333 g/mol. The summed E-state index contributed by atoms with van der Waals surface area (Å²) in [4.78, 5) is 5.11. The second kappa shape index (κ2) is 8.92. The molecule has 0 aromatic rings. The van der Waals surface area contributed by atoms with Crippen LogP contribution in [-0.2, 0) is 25.4 Å². The number of piperidine rings is 2. The van der Waals surface area contributed by atoms with Crippen molar-refractivity contribution in [1.82, 2.24) is 9.80 Å². The van der Waals surface area contributed by atoms with Crippen LogP contribution in [0.3, 0.4) is 0 Å². The van der Waals surface area contributed by atoms with Crippen molar-refractivity contribution in [2.24, 2.45) is 5.92 Å². The van der Waals surface area contributed by atoms with Gasteiger partial charge in [-0.2, -0.15) is 0 Å². The summed E-state index contributed by atoms with van der Waals surface area (Å²) < 4.78 is 6.36. The minimum atomic E-state index is 0.123. The summed E-state index contributed by atoms with van der Waals surface area (Å²) in [5.41, 5.74) is 0. The Morgan fingerprint density at radius 3 is 1.90 bits per heavy atom. The summed E-state index contributed by atoms with van der Waals surface area (Å²) in [5, 5.41) is 0. The van der Waals surface area contributed by atoms with E-state index >= 15 is 0 Å². The van der Waals surface area contributed by atoms with E-state index in [1.807, 2.05) is 0 Å². The Kier molecular flexibility index (Phi) is 7.56. The van der Waals surface area contributed by atoms with E-state index in [1.54, 1.807) is 0 Å². The van der Waals surface area contributed by atoms with Crippen LogP contribution in [0.2, 0.25) is 0 Å². The highest BCUT2D eigenvalue weighted by molar-refractivity contribution is 8.28. The Hall–Kier alpha value is 0.450. The second-order valence-corrected chi connectivity index (χ2v) is 10.2. The van der Waals surface area contributed by atoms with Crippen molar-refractivity contribution in [1.29, 1.82) is 0 Å². The molecule has 21 heavy (non-hydrogen) atoms. The smallest absolute Gasteiger partial charge is 0.0603 e. The molecule has 1 unspecified atom stereocenters. The van der Waals surface area contributed by atoms with Gasteiger partial charge in [-0.25, -0.2) is 0 Å². The molecule has 0 spiro atoms. The summed E-state index contributed by atoms with van der Waals surface area (Å²) >= 11 is 5.31. The first kappa shape index (κ1) is 17.8. The predicted octanol–water partition coefficient (Wildman–Crippen LogP) is 2.26. The van der Waals surface area contributed by atoms with Gasteiger partial charge in [-0.1, -0.05) is 25.0 Å². The lowest BCUT2D eigenvalue weighted by atomic mass is 10.0. The maximum atomic E-state index is 6.36. The zero-order chi connectivity index (χ0) is 15.2. The first-order valence-corrected chi connectivity index (χ1v) is 11.2. The molecule has 0 bridgehead atoms. The van der Waals surface area contributed by atoms with Crippen molar-refractivity contribution < 1.29 is 4.74 Å². The first-order valence-electron chi connectivity index (χ1n) is 8.43. The van der Waals surface area contributed by atoms with Crippen LogP contribution in [0.1, 0.15) is 39.5 Å². The van der Waals surface area contributed by atoms with Gasteiger partial charge >= 0.3 is 0 Å². The van der Waals surface area contributed by atoms with E-state index in [0.29, 0.717) is 12.2 Å². The fourth-order valence-electron chi connectivity index (χ4n) is 3.45. The van der Waals surface area contributed by atoms with Crippen LogP contribution in [0.25, 0.3) is 0 Å². The van der Waals surface area contributed by atoms with E-state index in [0.717, 1.165) is 11.8 Å². The molecule has 124 valence electrons. The minimum absolute atomic E-state index is 0.123. The van der Waals surface area contributed by atoms with Crippen LogP contribution < -0.4 is 0 Å². The Morgan fingerprint density at radius 2 is 1.48 bits per heavy atom. The van der Waals surface area contributed by atoms with Crippen LogP contribution in [0, 0.1) is 5.92 Å². The Morgan fingerprint density at radius 1 is 1.00 bits per heavy atom. The highest BCUT2D eigenvalue weighted by Crippen LogP contribution is 2.21. The monoisotopic (exact) mass is 332 g/mol. The van der Waals surface area contributed by atoms with Crippen LogP contribution in [0.4, 0.5) is 0 Å². The van der Waals surface area contributed by atoms with Gasteiger partial charge in [0.05, 0.1) is 12.2 Å². The van der Waals surface area contributed by atoms with Crippen molar-refractivity contribution >= 4 is 20.6 Å². The lowest BCUT2D eigenvalue weighted by molar-refractivity contribution is -0.0641. The molecule has 0 aromatic carbocycles. The number of hydrogen-bond donors (Lipinski definition) is 0. The summed E-state index contributed by atoms with van der Waals surface area (Å²) in [6.07, 6.45) is 7.98. The van der Waals surface area contributed by atoms with Crippen molar-refractivity contribution in [3.05, 3.63) is 0 Å². The lowest BCUT2D eigenvalue weighted by Gasteiger charge is -2.37. The van der Waals surface area contributed by atoms with Crippen molar-refractivity contribution in [3.63, 3.8) is 0 Å². The third-order valence-electron chi connectivity index (χ3n) is 4.44. The zero-order valence-corrected chi connectivity index (χ0v) is 15.6. The molecule has 2 heterocycles. The molecule has 0 saturated carbocycles. The van der Waals surface area contributed by atoms with Crippen LogP contribution in [0.5, 0.6) is 0 Å². The van der Waals surface area contributed by atoms with E-state index in [1.165, 1.54) is 58.4 Å². The topological polar surface area (TPSA) is 15.7 Å². The van der Waals surface area contributed by atoms with Gasteiger partial charge in [-0.05, 0) is 37.9 Å². The van der Waals surface area contributed by atoms with Gasteiger partial charge < -0.3 is 9.64 Å². The number of hydrogen-bond acceptors (Lipinski definition) is 4. The third-order valence-corrected chi connectivity index (χ3v) is 5.49. The fourth-order valence-corrected chi connectivity index (χ4v) is 4.67. The Bertz CT molecular complexity index is 322. The molecule has 2 fully saturated rings. The van der Waals surface area contributed by atoms with E-state index < -0.39 is 0 Å². The van der Waals surface area contributed by atoms with Gasteiger partial charge in [0, 0.05) is 38.6 Å². The molecule has 5 heteroatoms. The highest BCUT2D eigenvalue weighted by Gasteiger charge is 2.25. The molecule has 2 aliphatic rings. The number of likely N-dealkylation sites (tertiary alicyclic amines) is 2. The van der Waals surface area contributed by atoms with Gasteiger partial charge in [0.1, 0.15) is 0 Å². The summed E-state index contributed by atoms with van der Waals surface area (Å²) in [7, 11) is 0.123. The molecule has 1 atom stereocenters. The van der Waals surface area contributed by atoms with Gasteiger partial charge in [-0.15, -0.1) is 9.45 Å². The standard InChI is InChI=1S/C16H32N2OS2/c1-14(2)12-17-8-4-15(5-9-17)19-16-6-10-18(11-7-16)13-21(3)20/h14-16H,4-13H2,1-3H3. The van der Waals surface area contributed by atoms with E-state index in [-0.39, 0.29) is 9.45 Å². The zero-order valence-electron chi connectivity index (χ0n) is 13.9. The first-order chi connectivity index (χ1) is 10.0. The third kappa shape index (κ3) is 6.61. The summed E-state index contributed by atoms with van der Waals surface area (Å²) in [6, 6.07) is 0. The maximum absolute atomic E-state index is 6.36.